The first-order valence-electron chi connectivity index (χ1n) is 8.34. The van der Waals surface area contributed by atoms with Crippen LogP contribution in [-0.4, -0.2) is 29.6 Å². The zero-order valence-electron chi connectivity index (χ0n) is 14.3. The van der Waals surface area contributed by atoms with Crippen molar-refractivity contribution < 1.29 is 19.1 Å². The van der Waals surface area contributed by atoms with Crippen LogP contribution >= 0.6 is 0 Å². The van der Waals surface area contributed by atoms with E-state index in [9.17, 15) is 19.1 Å². The zero-order valence-corrected chi connectivity index (χ0v) is 14.3. The van der Waals surface area contributed by atoms with Crippen molar-refractivity contribution in [1.29, 1.82) is 0 Å². The third-order valence-corrected chi connectivity index (χ3v) is 4.17. The predicted octanol–water partition coefficient (Wildman–Crippen LogP) is 2.56. The van der Waals surface area contributed by atoms with Crippen molar-refractivity contribution in [2.45, 2.75) is 39.7 Å². The molecule has 2 rings (SSSR count). The maximum Gasteiger partial charge on any atom is 0.253 e. The molecule has 2 amide bonds. The average Bonchev–Trinajstić information content (AvgIpc) is 3.23. The molecule has 1 aliphatic carbocycles. The maximum absolute atomic E-state index is 13.5. The molecule has 5 nitrogen and oxygen atoms in total. The van der Waals surface area contributed by atoms with E-state index in [1.807, 2.05) is 20.8 Å². The van der Waals surface area contributed by atoms with E-state index in [2.05, 4.69) is 10.6 Å². The van der Waals surface area contributed by atoms with Gasteiger partial charge in [0.2, 0.25) is 5.91 Å². The number of rotatable bonds is 7. The Morgan fingerprint density at radius 1 is 1.38 bits per heavy atom. The SMILES string of the molecule is CC(C)CC(O)CNC(=O)c1cc(F)ccc1NC(=O)C1CC1C. The summed E-state index contributed by atoms with van der Waals surface area (Å²) in [6, 6.07) is 3.69. The van der Waals surface area contributed by atoms with Gasteiger partial charge in [-0.05, 0) is 42.9 Å². The highest BCUT2D eigenvalue weighted by molar-refractivity contribution is 6.04. The molecular weight excluding hydrogens is 311 g/mol. The molecule has 1 aromatic rings. The second kappa shape index (κ2) is 7.75. The van der Waals surface area contributed by atoms with Gasteiger partial charge in [-0.1, -0.05) is 20.8 Å². The van der Waals surface area contributed by atoms with Gasteiger partial charge in [0, 0.05) is 12.5 Å². The van der Waals surface area contributed by atoms with Gasteiger partial charge in [0.1, 0.15) is 5.82 Å². The number of hydrogen-bond acceptors (Lipinski definition) is 3. The van der Waals surface area contributed by atoms with Crippen LogP contribution in [0.1, 0.15) is 44.0 Å². The van der Waals surface area contributed by atoms with Crippen molar-refractivity contribution in [2.75, 3.05) is 11.9 Å². The average molecular weight is 336 g/mol. The van der Waals surface area contributed by atoms with Gasteiger partial charge in [-0.3, -0.25) is 9.59 Å². The molecule has 0 aliphatic heterocycles. The minimum absolute atomic E-state index is 0.0428. The van der Waals surface area contributed by atoms with E-state index < -0.39 is 17.8 Å². The molecule has 3 unspecified atom stereocenters. The molecule has 0 aromatic heterocycles. The normalized spacial score (nSPS) is 20.6. The molecule has 0 saturated heterocycles. The predicted molar refractivity (Wildman–Crippen MR) is 90.1 cm³/mol. The number of amides is 2. The molecule has 6 heteroatoms. The Balaban J connectivity index is 2.03. The van der Waals surface area contributed by atoms with Crippen LogP contribution in [0.4, 0.5) is 10.1 Å². The Labute approximate surface area is 141 Å². The molecule has 1 aliphatic rings. The summed E-state index contributed by atoms with van der Waals surface area (Å²) in [5, 5.41) is 15.1. The van der Waals surface area contributed by atoms with Crippen LogP contribution in [0.15, 0.2) is 18.2 Å². The minimum atomic E-state index is -0.659. The number of hydrogen-bond donors (Lipinski definition) is 3. The maximum atomic E-state index is 13.5. The van der Waals surface area contributed by atoms with E-state index in [0.717, 1.165) is 12.5 Å². The fraction of sp³-hybridized carbons (Fsp3) is 0.556. The fourth-order valence-corrected chi connectivity index (χ4v) is 2.66. The van der Waals surface area contributed by atoms with Crippen molar-refractivity contribution in [3.63, 3.8) is 0 Å². The molecule has 1 aromatic carbocycles. The first-order valence-corrected chi connectivity index (χ1v) is 8.34. The van der Waals surface area contributed by atoms with Crippen molar-refractivity contribution >= 4 is 17.5 Å². The molecule has 0 bridgehead atoms. The lowest BCUT2D eigenvalue weighted by Crippen LogP contribution is -2.33. The largest absolute Gasteiger partial charge is 0.391 e. The summed E-state index contributed by atoms with van der Waals surface area (Å²) >= 11 is 0. The van der Waals surface area contributed by atoms with Crippen LogP contribution in [0.3, 0.4) is 0 Å². The highest BCUT2D eigenvalue weighted by Gasteiger charge is 2.39. The fourth-order valence-electron chi connectivity index (χ4n) is 2.66. The lowest BCUT2D eigenvalue weighted by Gasteiger charge is -2.15. The van der Waals surface area contributed by atoms with E-state index in [0.29, 0.717) is 18.3 Å². The standard InChI is InChI=1S/C18H25FN2O3/c1-10(2)6-13(22)9-20-17(23)15-8-12(19)4-5-16(15)21-18(24)14-7-11(14)3/h4-5,8,10-11,13-14,22H,6-7,9H2,1-3H3,(H,20,23)(H,21,24). The van der Waals surface area contributed by atoms with Crippen molar-refractivity contribution in [3.8, 4) is 0 Å². The van der Waals surface area contributed by atoms with Crippen LogP contribution in [0.25, 0.3) is 0 Å². The molecule has 132 valence electrons. The summed E-state index contributed by atoms with van der Waals surface area (Å²) in [6.07, 6.45) is 0.732. The van der Waals surface area contributed by atoms with Gasteiger partial charge in [-0.25, -0.2) is 4.39 Å². The van der Waals surface area contributed by atoms with Crippen LogP contribution in [-0.2, 0) is 4.79 Å². The summed E-state index contributed by atoms with van der Waals surface area (Å²) in [5.41, 5.74) is 0.352. The summed E-state index contributed by atoms with van der Waals surface area (Å²) in [6.45, 7) is 6.02. The van der Waals surface area contributed by atoms with E-state index >= 15 is 0 Å². The van der Waals surface area contributed by atoms with Crippen molar-refractivity contribution in [3.05, 3.63) is 29.6 Å². The Morgan fingerprint density at radius 3 is 2.62 bits per heavy atom. The monoisotopic (exact) mass is 336 g/mol. The topological polar surface area (TPSA) is 78.4 Å². The molecular formula is C18H25FN2O3. The Morgan fingerprint density at radius 2 is 2.04 bits per heavy atom. The number of carbonyl (C=O) groups excluding carboxylic acids is 2. The first-order chi connectivity index (χ1) is 11.3. The van der Waals surface area contributed by atoms with Crippen LogP contribution in [0.2, 0.25) is 0 Å². The Bertz CT molecular complexity index is 618. The second-order valence-electron chi connectivity index (χ2n) is 6.99. The van der Waals surface area contributed by atoms with E-state index in [1.165, 1.54) is 12.1 Å². The molecule has 0 spiro atoms. The van der Waals surface area contributed by atoms with Crippen LogP contribution in [0.5, 0.6) is 0 Å². The lowest BCUT2D eigenvalue weighted by molar-refractivity contribution is -0.117. The summed E-state index contributed by atoms with van der Waals surface area (Å²) in [5.74, 6) is -0.616. The number of aliphatic hydroxyl groups excluding tert-OH is 1. The summed E-state index contributed by atoms with van der Waals surface area (Å²) in [7, 11) is 0. The van der Waals surface area contributed by atoms with Gasteiger partial charge in [0.15, 0.2) is 0 Å². The molecule has 3 atom stereocenters. The third kappa shape index (κ3) is 5.03. The highest BCUT2D eigenvalue weighted by Crippen LogP contribution is 2.38. The van der Waals surface area contributed by atoms with E-state index in [-0.39, 0.29) is 29.6 Å². The third-order valence-electron chi connectivity index (χ3n) is 4.17. The van der Waals surface area contributed by atoms with E-state index in [1.54, 1.807) is 0 Å². The summed E-state index contributed by atoms with van der Waals surface area (Å²) < 4.78 is 13.5. The Kier molecular flexibility index (Phi) is 5.94. The number of anilines is 1. The second-order valence-corrected chi connectivity index (χ2v) is 6.99. The zero-order chi connectivity index (χ0) is 17.9. The number of benzene rings is 1. The number of carbonyl (C=O) groups is 2. The highest BCUT2D eigenvalue weighted by atomic mass is 19.1. The quantitative estimate of drug-likeness (QED) is 0.716. The Hall–Kier alpha value is -1.95. The molecule has 0 radical (unpaired) electrons. The van der Waals surface area contributed by atoms with Crippen molar-refractivity contribution in [2.24, 2.45) is 17.8 Å². The van der Waals surface area contributed by atoms with Gasteiger partial charge >= 0.3 is 0 Å². The number of halogens is 1. The molecule has 3 N–H and O–H groups in total. The van der Waals surface area contributed by atoms with Gasteiger partial charge < -0.3 is 15.7 Å². The van der Waals surface area contributed by atoms with Gasteiger partial charge in [-0.15, -0.1) is 0 Å². The van der Waals surface area contributed by atoms with E-state index in [4.69, 9.17) is 0 Å². The number of aliphatic hydroxyl groups is 1. The molecule has 1 saturated carbocycles. The summed E-state index contributed by atoms with van der Waals surface area (Å²) in [4.78, 5) is 24.4. The lowest BCUT2D eigenvalue weighted by atomic mass is 10.1. The number of nitrogens with one attached hydrogen (secondary N) is 2. The van der Waals surface area contributed by atoms with Crippen molar-refractivity contribution in [1.82, 2.24) is 5.32 Å². The first kappa shape index (κ1) is 18.4. The minimum Gasteiger partial charge on any atom is -0.391 e. The van der Waals surface area contributed by atoms with Crippen LogP contribution < -0.4 is 10.6 Å². The van der Waals surface area contributed by atoms with Gasteiger partial charge in [0.05, 0.1) is 17.4 Å². The van der Waals surface area contributed by atoms with Gasteiger partial charge in [-0.2, -0.15) is 0 Å². The molecule has 1 fully saturated rings. The molecule has 0 heterocycles. The molecule has 24 heavy (non-hydrogen) atoms. The smallest absolute Gasteiger partial charge is 0.253 e. The van der Waals surface area contributed by atoms with Crippen LogP contribution in [0, 0.1) is 23.6 Å². The van der Waals surface area contributed by atoms with Gasteiger partial charge in [0.25, 0.3) is 5.91 Å².